The number of rotatable bonds is 7. The van der Waals surface area contributed by atoms with Gasteiger partial charge in [-0.2, -0.15) is 5.26 Å². The molecule has 0 aliphatic rings. The third kappa shape index (κ3) is 5.37. The van der Waals surface area contributed by atoms with Gasteiger partial charge < -0.3 is 10.1 Å². The smallest absolute Gasteiger partial charge is 0.338 e. The van der Waals surface area contributed by atoms with Crippen LogP contribution in [0.25, 0.3) is 0 Å². The molecule has 1 N–H and O–H groups in total. The minimum absolute atomic E-state index is 0.00399. The molecule has 1 amide bonds. The number of ether oxygens (including phenoxy) is 1. The van der Waals surface area contributed by atoms with E-state index in [9.17, 15) is 18.0 Å². The monoisotopic (exact) mass is 463 g/mol. The van der Waals surface area contributed by atoms with Crippen LogP contribution in [0.4, 0.5) is 11.4 Å². The van der Waals surface area contributed by atoms with Crippen LogP contribution in [0.5, 0.6) is 0 Å². The van der Waals surface area contributed by atoms with E-state index in [0.717, 1.165) is 4.31 Å². The number of benzene rings is 3. The molecule has 9 heteroatoms. The fraction of sp³-hybridized carbons (Fsp3) is 0.125. The van der Waals surface area contributed by atoms with Crippen LogP contribution in [0.2, 0.25) is 0 Å². The Morgan fingerprint density at radius 3 is 2.21 bits per heavy atom. The van der Waals surface area contributed by atoms with Crippen LogP contribution in [0.1, 0.15) is 22.8 Å². The molecule has 3 aromatic rings. The van der Waals surface area contributed by atoms with Crippen molar-refractivity contribution in [1.29, 1.82) is 5.26 Å². The predicted molar refractivity (Wildman–Crippen MR) is 123 cm³/mol. The standard InChI is InChI=1S/C24H21N3O5S/c1-17(23(28)26-22-11-7-6-8-19(22)16-25)32-24(29)18-12-14-21(15-13-18)33(30,31)27(2)20-9-4-3-5-10-20/h3-15,17H,1-2H3,(H,26,28). The normalized spacial score (nSPS) is 11.7. The van der Waals surface area contributed by atoms with E-state index in [4.69, 9.17) is 10.00 Å². The molecule has 1 atom stereocenters. The molecule has 3 rings (SSSR count). The molecule has 0 radical (unpaired) electrons. The first-order valence-electron chi connectivity index (χ1n) is 9.89. The highest BCUT2D eigenvalue weighted by Crippen LogP contribution is 2.22. The van der Waals surface area contributed by atoms with Crippen molar-refractivity contribution in [1.82, 2.24) is 0 Å². The zero-order valence-corrected chi connectivity index (χ0v) is 18.7. The highest BCUT2D eigenvalue weighted by atomic mass is 32.2. The van der Waals surface area contributed by atoms with Gasteiger partial charge in [-0.3, -0.25) is 9.10 Å². The van der Waals surface area contributed by atoms with Gasteiger partial charge in [0.15, 0.2) is 6.10 Å². The van der Waals surface area contributed by atoms with Crippen LogP contribution in [0, 0.1) is 11.3 Å². The molecule has 33 heavy (non-hydrogen) atoms. The Labute approximate surface area is 192 Å². The van der Waals surface area contributed by atoms with Gasteiger partial charge in [-0.15, -0.1) is 0 Å². The molecule has 168 valence electrons. The summed E-state index contributed by atoms with van der Waals surface area (Å²) in [5.74, 6) is -1.39. The number of nitriles is 1. The quantitative estimate of drug-likeness (QED) is 0.536. The summed E-state index contributed by atoms with van der Waals surface area (Å²) in [4.78, 5) is 24.8. The van der Waals surface area contributed by atoms with Gasteiger partial charge in [0, 0.05) is 7.05 Å². The molecular weight excluding hydrogens is 442 g/mol. The van der Waals surface area contributed by atoms with E-state index in [2.05, 4.69) is 5.32 Å². The Balaban J connectivity index is 1.67. The fourth-order valence-electron chi connectivity index (χ4n) is 2.90. The van der Waals surface area contributed by atoms with Gasteiger partial charge in [0.05, 0.1) is 27.4 Å². The van der Waals surface area contributed by atoms with Crippen LogP contribution in [0.15, 0.2) is 83.8 Å². The number of nitrogens with zero attached hydrogens (tertiary/aromatic N) is 2. The maximum Gasteiger partial charge on any atom is 0.338 e. The Hall–Kier alpha value is -4.16. The number of anilines is 2. The van der Waals surface area contributed by atoms with Crippen molar-refractivity contribution in [2.75, 3.05) is 16.7 Å². The molecule has 0 fully saturated rings. The first kappa shape index (κ1) is 23.5. The lowest BCUT2D eigenvalue weighted by molar-refractivity contribution is -0.123. The maximum atomic E-state index is 12.8. The van der Waals surface area contributed by atoms with E-state index < -0.39 is 28.0 Å². The van der Waals surface area contributed by atoms with Crippen molar-refractivity contribution >= 4 is 33.3 Å². The van der Waals surface area contributed by atoms with E-state index in [-0.39, 0.29) is 16.0 Å². The summed E-state index contributed by atoms with van der Waals surface area (Å²) in [5, 5.41) is 11.7. The number of amides is 1. The van der Waals surface area contributed by atoms with Gasteiger partial charge in [0.25, 0.3) is 15.9 Å². The summed E-state index contributed by atoms with van der Waals surface area (Å²) < 4.78 is 32.0. The van der Waals surface area contributed by atoms with Gasteiger partial charge in [0.1, 0.15) is 6.07 Å². The SMILES string of the molecule is CC(OC(=O)c1ccc(S(=O)(=O)N(C)c2ccccc2)cc1)C(=O)Nc1ccccc1C#N. The number of sulfonamides is 1. The van der Waals surface area contributed by atoms with Crippen LogP contribution in [-0.2, 0) is 19.6 Å². The lowest BCUT2D eigenvalue weighted by atomic mass is 10.2. The molecule has 0 aliphatic heterocycles. The summed E-state index contributed by atoms with van der Waals surface area (Å²) in [5.41, 5.74) is 1.18. The second-order valence-corrected chi connectivity index (χ2v) is 9.00. The van der Waals surface area contributed by atoms with Crippen LogP contribution >= 0.6 is 0 Å². The van der Waals surface area contributed by atoms with Crippen molar-refractivity contribution in [3.63, 3.8) is 0 Å². The first-order valence-corrected chi connectivity index (χ1v) is 11.3. The zero-order chi connectivity index (χ0) is 24.0. The summed E-state index contributed by atoms with van der Waals surface area (Å²) in [6, 6.07) is 22.3. The number of hydrogen-bond donors (Lipinski definition) is 1. The molecule has 8 nitrogen and oxygen atoms in total. The number of carbonyl (C=O) groups excluding carboxylic acids is 2. The molecule has 0 heterocycles. The first-order chi connectivity index (χ1) is 15.7. The predicted octanol–water partition coefficient (Wildman–Crippen LogP) is 3.57. The summed E-state index contributed by atoms with van der Waals surface area (Å²) in [6.07, 6.45) is -1.14. The molecule has 3 aromatic carbocycles. The number of esters is 1. The average molecular weight is 464 g/mol. The molecule has 0 saturated carbocycles. The van der Waals surface area contributed by atoms with Crippen LogP contribution in [0.3, 0.4) is 0 Å². The summed E-state index contributed by atoms with van der Waals surface area (Å²) >= 11 is 0. The largest absolute Gasteiger partial charge is 0.449 e. The Morgan fingerprint density at radius 1 is 0.970 bits per heavy atom. The van der Waals surface area contributed by atoms with Crippen LogP contribution in [-0.4, -0.2) is 33.4 Å². The second kappa shape index (κ2) is 9.97. The zero-order valence-electron chi connectivity index (χ0n) is 17.9. The Bertz CT molecular complexity index is 1300. The van der Waals surface area contributed by atoms with Crippen LogP contribution < -0.4 is 9.62 Å². The molecule has 0 spiro atoms. The van der Waals surface area contributed by atoms with Crippen molar-refractivity contribution < 1.29 is 22.7 Å². The van der Waals surface area contributed by atoms with E-state index in [1.54, 1.807) is 54.6 Å². The fourth-order valence-corrected chi connectivity index (χ4v) is 4.10. The van der Waals surface area contributed by atoms with Gasteiger partial charge in [-0.05, 0) is 55.5 Å². The van der Waals surface area contributed by atoms with Gasteiger partial charge in [-0.1, -0.05) is 30.3 Å². The molecule has 0 saturated heterocycles. The van der Waals surface area contributed by atoms with Gasteiger partial charge >= 0.3 is 5.97 Å². The molecule has 1 unspecified atom stereocenters. The third-order valence-electron chi connectivity index (χ3n) is 4.83. The number of para-hydroxylation sites is 2. The number of carbonyl (C=O) groups is 2. The number of nitrogens with one attached hydrogen (secondary N) is 1. The highest BCUT2D eigenvalue weighted by Gasteiger charge is 2.23. The molecule has 0 bridgehead atoms. The third-order valence-corrected chi connectivity index (χ3v) is 6.63. The van der Waals surface area contributed by atoms with Crippen molar-refractivity contribution in [3.8, 4) is 6.07 Å². The lowest BCUT2D eigenvalue weighted by Crippen LogP contribution is -2.30. The Kier molecular flexibility index (Phi) is 7.10. The Morgan fingerprint density at radius 2 is 1.58 bits per heavy atom. The van der Waals surface area contributed by atoms with Crippen molar-refractivity contribution in [2.45, 2.75) is 17.9 Å². The lowest BCUT2D eigenvalue weighted by Gasteiger charge is -2.19. The minimum Gasteiger partial charge on any atom is -0.449 e. The maximum absolute atomic E-state index is 12.8. The molecular formula is C24H21N3O5S. The van der Waals surface area contributed by atoms with E-state index in [1.165, 1.54) is 38.2 Å². The van der Waals surface area contributed by atoms with Crippen molar-refractivity contribution in [3.05, 3.63) is 90.0 Å². The van der Waals surface area contributed by atoms with E-state index in [0.29, 0.717) is 11.4 Å². The van der Waals surface area contributed by atoms with E-state index in [1.807, 2.05) is 6.07 Å². The van der Waals surface area contributed by atoms with Crippen molar-refractivity contribution in [2.24, 2.45) is 0 Å². The second-order valence-electron chi connectivity index (χ2n) is 7.03. The average Bonchev–Trinajstić information content (AvgIpc) is 2.84. The van der Waals surface area contributed by atoms with Gasteiger partial charge in [-0.25, -0.2) is 13.2 Å². The number of hydrogen-bond acceptors (Lipinski definition) is 6. The topological polar surface area (TPSA) is 117 Å². The highest BCUT2D eigenvalue weighted by molar-refractivity contribution is 7.92. The van der Waals surface area contributed by atoms with E-state index >= 15 is 0 Å². The molecule has 0 aromatic heterocycles. The molecule has 0 aliphatic carbocycles. The minimum atomic E-state index is -3.82. The summed E-state index contributed by atoms with van der Waals surface area (Å²) in [6.45, 7) is 1.40. The van der Waals surface area contributed by atoms with Gasteiger partial charge in [0.2, 0.25) is 0 Å². The summed E-state index contributed by atoms with van der Waals surface area (Å²) in [7, 11) is -2.38.